The standard InChI is InChI=1S/C10H10Cl2N4O/c1-6(17)16(10(13)14)15-5-7-4-8(11)2-3-9(7)12/h2-5H,1H3,(H3,13,14)/b15-5+. The van der Waals surface area contributed by atoms with Gasteiger partial charge in [0.15, 0.2) is 0 Å². The van der Waals surface area contributed by atoms with Gasteiger partial charge < -0.3 is 5.73 Å². The van der Waals surface area contributed by atoms with E-state index >= 15 is 0 Å². The van der Waals surface area contributed by atoms with E-state index in [-0.39, 0.29) is 0 Å². The molecule has 1 rings (SSSR count). The molecule has 0 aliphatic carbocycles. The van der Waals surface area contributed by atoms with Crippen LogP contribution in [0.3, 0.4) is 0 Å². The summed E-state index contributed by atoms with van der Waals surface area (Å²) >= 11 is 11.7. The molecule has 0 atom stereocenters. The average Bonchev–Trinajstić information content (AvgIpc) is 2.22. The summed E-state index contributed by atoms with van der Waals surface area (Å²) in [6.45, 7) is 1.25. The molecule has 5 nitrogen and oxygen atoms in total. The number of hydrazone groups is 1. The third kappa shape index (κ3) is 3.72. The van der Waals surface area contributed by atoms with Crippen molar-refractivity contribution >= 4 is 41.3 Å². The first-order valence-electron chi connectivity index (χ1n) is 4.55. The van der Waals surface area contributed by atoms with Crippen molar-refractivity contribution < 1.29 is 4.79 Å². The van der Waals surface area contributed by atoms with Crippen LogP contribution < -0.4 is 5.73 Å². The molecule has 0 aliphatic rings. The van der Waals surface area contributed by atoms with Gasteiger partial charge in [0.25, 0.3) is 0 Å². The van der Waals surface area contributed by atoms with Gasteiger partial charge in [0.1, 0.15) is 0 Å². The summed E-state index contributed by atoms with van der Waals surface area (Å²) in [5.74, 6) is -0.932. The highest BCUT2D eigenvalue weighted by molar-refractivity contribution is 6.35. The molecule has 0 radical (unpaired) electrons. The van der Waals surface area contributed by atoms with E-state index in [0.717, 1.165) is 5.01 Å². The Morgan fingerprint density at radius 3 is 2.71 bits per heavy atom. The normalized spacial score (nSPS) is 10.5. The summed E-state index contributed by atoms with van der Waals surface area (Å²) in [6.07, 6.45) is 1.32. The van der Waals surface area contributed by atoms with Crippen LogP contribution in [0.25, 0.3) is 0 Å². The third-order valence-electron chi connectivity index (χ3n) is 1.80. The first-order chi connectivity index (χ1) is 7.91. The largest absolute Gasteiger partial charge is 0.368 e. The molecular weight excluding hydrogens is 263 g/mol. The molecule has 0 spiro atoms. The quantitative estimate of drug-likeness (QED) is 0.491. The number of amides is 1. The van der Waals surface area contributed by atoms with Crippen LogP contribution in [0.5, 0.6) is 0 Å². The number of nitrogens with two attached hydrogens (primary N) is 1. The van der Waals surface area contributed by atoms with E-state index in [1.165, 1.54) is 13.1 Å². The molecule has 1 amide bonds. The number of guanidine groups is 1. The maximum absolute atomic E-state index is 11.1. The summed E-state index contributed by atoms with van der Waals surface area (Å²) in [4.78, 5) is 11.1. The molecule has 1 aromatic carbocycles. The van der Waals surface area contributed by atoms with Crippen molar-refractivity contribution in [3.05, 3.63) is 33.8 Å². The third-order valence-corrected chi connectivity index (χ3v) is 2.38. The van der Waals surface area contributed by atoms with Crippen LogP contribution in [0.2, 0.25) is 10.0 Å². The zero-order valence-corrected chi connectivity index (χ0v) is 10.5. The van der Waals surface area contributed by atoms with E-state index in [9.17, 15) is 4.79 Å². The zero-order valence-electron chi connectivity index (χ0n) is 8.95. The fourth-order valence-electron chi connectivity index (χ4n) is 1.05. The van der Waals surface area contributed by atoms with E-state index in [1.54, 1.807) is 18.2 Å². The van der Waals surface area contributed by atoms with Crippen LogP contribution in [0.1, 0.15) is 12.5 Å². The summed E-state index contributed by atoms with van der Waals surface area (Å²) < 4.78 is 0. The Hall–Kier alpha value is -1.59. The lowest BCUT2D eigenvalue weighted by Crippen LogP contribution is -2.35. The fraction of sp³-hybridized carbons (Fsp3) is 0.100. The Bertz CT molecular complexity index is 473. The molecule has 17 heavy (non-hydrogen) atoms. The second-order valence-electron chi connectivity index (χ2n) is 3.13. The van der Waals surface area contributed by atoms with E-state index < -0.39 is 11.9 Å². The van der Waals surface area contributed by atoms with Crippen molar-refractivity contribution in [1.29, 1.82) is 5.41 Å². The molecule has 0 bridgehead atoms. The Kier molecular flexibility index (Phi) is 4.48. The zero-order chi connectivity index (χ0) is 13.0. The molecule has 0 saturated heterocycles. The van der Waals surface area contributed by atoms with Crippen molar-refractivity contribution in [2.24, 2.45) is 10.8 Å². The molecule has 7 heteroatoms. The van der Waals surface area contributed by atoms with Crippen LogP contribution in [0.4, 0.5) is 0 Å². The molecule has 0 saturated carbocycles. The minimum Gasteiger partial charge on any atom is -0.368 e. The van der Waals surface area contributed by atoms with Gasteiger partial charge in [-0.1, -0.05) is 23.2 Å². The van der Waals surface area contributed by atoms with Crippen molar-refractivity contribution in [3.8, 4) is 0 Å². The molecular formula is C10H10Cl2N4O. The van der Waals surface area contributed by atoms with Crippen molar-refractivity contribution in [3.63, 3.8) is 0 Å². The van der Waals surface area contributed by atoms with Crippen molar-refractivity contribution in [2.75, 3.05) is 0 Å². The Morgan fingerprint density at radius 2 is 2.18 bits per heavy atom. The Morgan fingerprint density at radius 1 is 1.53 bits per heavy atom. The number of nitrogens with one attached hydrogen (secondary N) is 1. The molecule has 3 N–H and O–H groups in total. The van der Waals surface area contributed by atoms with E-state index in [0.29, 0.717) is 15.6 Å². The number of nitrogens with zero attached hydrogens (tertiary/aromatic N) is 2. The average molecular weight is 273 g/mol. The van der Waals surface area contributed by atoms with Gasteiger partial charge in [-0.2, -0.15) is 10.1 Å². The lowest BCUT2D eigenvalue weighted by atomic mass is 10.2. The van der Waals surface area contributed by atoms with Gasteiger partial charge in [0.2, 0.25) is 11.9 Å². The number of hydrogen-bond donors (Lipinski definition) is 2. The van der Waals surface area contributed by atoms with Gasteiger partial charge in [-0.25, -0.2) is 0 Å². The Balaban J connectivity index is 2.99. The topological polar surface area (TPSA) is 82.5 Å². The minimum absolute atomic E-state index is 0.435. The maximum atomic E-state index is 11.1. The monoisotopic (exact) mass is 272 g/mol. The highest BCUT2D eigenvalue weighted by atomic mass is 35.5. The molecule has 0 aliphatic heterocycles. The summed E-state index contributed by atoms with van der Waals surface area (Å²) in [5.41, 5.74) is 5.72. The first kappa shape index (κ1) is 13.5. The van der Waals surface area contributed by atoms with Gasteiger partial charge in [-0.3, -0.25) is 10.2 Å². The van der Waals surface area contributed by atoms with Crippen molar-refractivity contribution in [2.45, 2.75) is 6.92 Å². The molecule has 0 heterocycles. The van der Waals surface area contributed by atoms with Gasteiger partial charge >= 0.3 is 0 Å². The van der Waals surface area contributed by atoms with Crippen molar-refractivity contribution in [1.82, 2.24) is 5.01 Å². The van der Waals surface area contributed by atoms with Gasteiger partial charge in [-0.05, 0) is 18.2 Å². The molecule has 0 aromatic heterocycles. The second-order valence-corrected chi connectivity index (χ2v) is 3.97. The molecule has 0 fully saturated rings. The summed E-state index contributed by atoms with van der Waals surface area (Å²) in [7, 11) is 0. The lowest BCUT2D eigenvalue weighted by molar-refractivity contribution is -0.125. The highest BCUT2D eigenvalue weighted by Gasteiger charge is 2.09. The smallest absolute Gasteiger partial charge is 0.246 e. The SMILES string of the molecule is CC(=O)N(/N=C/c1cc(Cl)ccc1Cl)C(=N)N. The maximum Gasteiger partial charge on any atom is 0.246 e. The van der Waals surface area contributed by atoms with E-state index in [4.69, 9.17) is 34.3 Å². The first-order valence-corrected chi connectivity index (χ1v) is 5.31. The van der Waals surface area contributed by atoms with Crippen LogP contribution in [0.15, 0.2) is 23.3 Å². The summed E-state index contributed by atoms with van der Waals surface area (Å²) in [6, 6.07) is 4.83. The number of benzene rings is 1. The lowest BCUT2D eigenvalue weighted by Gasteiger charge is -2.11. The van der Waals surface area contributed by atoms with Crippen LogP contribution in [-0.4, -0.2) is 23.1 Å². The van der Waals surface area contributed by atoms with E-state index in [1.807, 2.05) is 0 Å². The second kappa shape index (κ2) is 5.65. The van der Waals surface area contributed by atoms with Gasteiger partial charge in [0, 0.05) is 22.5 Å². The van der Waals surface area contributed by atoms with E-state index in [2.05, 4.69) is 5.10 Å². The van der Waals surface area contributed by atoms with Gasteiger partial charge in [0.05, 0.1) is 6.21 Å². The van der Waals surface area contributed by atoms with Crippen LogP contribution >= 0.6 is 23.2 Å². The molecule has 1 aromatic rings. The molecule has 90 valence electrons. The highest BCUT2D eigenvalue weighted by Crippen LogP contribution is 2.18. The number of hydrogen-bond acceptors (Lipinski definition) is 3. The summed E-state index contributed by atoms with van der Waals surface area (Å²) in [5, 5.41) is 12.6. The molecule has 0 unspecified atom stereocenters. The Labute approximate surface area is 108 Å². The predicted molar refractivity (Wildman–Crippen MR) is 68.5 cm³/mol. The minimum atomic E-state index is -0.466. The number of carbonyl (C=O) groups excluding carboxylic acids is 1. The van der Waals surface area contributed by atoms with Gasteiger partial charge in [-0.15, -0.1) is 0 Å². The number of rotatable bonds is 2. The predicted octanol–water partition coefficient (Wildman–Crippen LogP) is 2.07. The van der Waals surface area contributed by atoms with Crippen LogP contribution in [-0.2, 0) is 4.79 Å². The number of carbonyl (C=O) groups is 1. The fourth-order valence-corrected chi connectivity index (χ4v) is 1.39. The van der Waals surface area contributed by atoms with Crippen LogP contribution in [0, 0.1) is 5.41 Å². The number of halogens is 2.